The third-order valence-corrected chi connectivity index (χ3v) is 13.2. The second-order valence-electron chi connectivity index (χ2n) is 12.1. The van der Waals surface area contributed by atoms with E-state index in [2.05, 4.69) is 40.9 Å². The highest BCUT2D eigenvalue weighted by atomic mass is 28.3. The maximum absolute atomic E-state index is 13.9. The molecule has 1 saturated heterocycles. The van der Waals surface area contributed by atoms with Crippen LogP contribution in [-0.2, 0) is 17.6 Å². The van der Waals surface area contributed by atoms with Crippen LogP contribution in [0.25, 0.3) is 5.70 Å². The first-order chi connectivity index (χ1) is 18.1. The molecule has 1 fully saturated rings. The Bertz CT molecular complexity index is 1410. The van der Waals surface area contributed by atoms with E-state index < -0.39 is 20.2 Å². The van der Waals surface area contributed by atoms with Gasteiger partial charge in [0.15, 0.2) is 0 Å². The second-order valence-corrected chi connectivity index (χ2v) is 16.4. The number of carbonyl (C=O) groups is 1. The number of nitrogens with zero attached hydrogens (tertiary/aromatic N) is 3. The number of fused-ring (bicyclic) bond motifs is 3. The maximum Gasteiger partial charge on any atom is 0.471 e. The number of rotatable bonds is 1. The summed E-state index contributed by atoms with van der Waals surface area (Å²) in [4.78, 5) is 16.3. The van der Waals surface area contributed by atoms with Crippen LogP contribution < -0.4 is 10.1 Å². The Morgan fingerprint density at radius 3 is 2.63 bits per heavy atom. The lowest BCUT2D eigenvalue weighted by molar-refractivity contribution is -0.508. The SMILES string of the molecule is CN(C(=O)C(F)(F)F)C1=C2C=C3CCC=[N+]4CCCC(=C2[Si](C)(C)c2c1cc1c5c2CCCN5CCC1)[C-]34. The molecule has 0 N–H and O–H groups in total. The minimum Gasteiger partial charge on any atom is -0.371 e. The van der Waals surface area contributed by atoms with E-state index in [0.29, 0.717) is 5.70 Å². The zero-order valence-corrected chi connectivity index (χ0v) is 23.4. The van der Waals surface area contributed by atoms with E-state index in [1.165, 1.54) is 51.4 Å². The summed E-state index contributed by atoms with van der Waals surface area (Å²) in [6, 6.07) is 3.46. The van der Waals surface area contributed by atoms with Gasteiger partial charge in [0, 0.05) is 37.9 Å². The van der Waals surface area contributed by atoms with Crippen LogP contribution in [0, 0.1) is 6.04 Å². The van der Waals surface area contributed by atoms with Gasteiger partial charge in [-0.3, -0.25) is 9.37 Å². The number of carbonyl (C=O) groups excluding carboxylic acids is 1. The van der Waals surface area contributed by atoms with Gasteiger partial charge in [0.05, 0.1) is 14.3 Å². The van der Waals surface area contributed by atoms with Gasteiger partial charge >= 0.3 is 12.1 Å². The molecule has 0 radical (unpaired) electrons. The molecule has 38 heavy (non-hydrogen) atoms. The van der Waals surface area contributed by atoms with Crippen molar-refractivity contribution in [2.24, 2.45) is 0 Å². The van der Waals surface area contributed by atoms with Crippen molar-refractivity contribution in [3.8, 4) is 0 Å². The number of piperidine rings is 1. The molecule has 200 valence electrons. The highest BCUT2D eigenvalue weighted by Crippen LogP contribution is 2.52. The molecule has 1 amide bonds. The van der Waals surface area contributed by atoms with Gasteiger partial charge in [-0.25, -0.2) is 0 Å². The molecule has 5 heterocycles. The van der Waals surface area contributed by atoms with Crippen LogP contribution in [-0.4, -0.2) is 62.5 Å². The molecule has 0 bridgehead atoms. The summed E-state index contributed by atoms with van der Waals surface area (Å²) in [5.74, 6) is -1.79. The Hall–Kier alpha value is -2.74. The van der Waals surface area contributed by atoms with Gasteiger partial charge in [-0.15, -0.1) is 11.3 Å². The summed E-state index contributed by atoms with van der Waals surface area (Å²) in [6.07, 6.45) is 7.33. The molecule has 1 aromatic carbocycles. The largest absolute Gasteiger partial charge is 0.471 e. The van der Waals surface area contributed by atoms with Crippen LogP contribution in [0.3, 0.4) is 0 Å². The molecular formula is C30H34F3N3OSi. The van der Waals surface area contributed by atoms with Crippen molar-refractivity contribution >= 4 is 36.8 Å². The van der Waals surface area contributed by atoms with Gasteiger partial charge in [0.2, 0.25) is 0 Å². The van der Waals surface area contributed by atoms with Crippen LogP contribution in [0.2, 0.25) is 13.1 Å². The van der Waals surface area contributed by atoms with E-state index in [-0.39, 0.29) is 0 Å². The number of benzene rings is 1. The molecule has 6 aliphatic rings. The Morgan fingerprint density at radius 2 is 1.87 bits per heavy atom. The molecule has 0 saturated carbocycles. The third-order valence-electron chi connectivity index (χ3n) is 9.52. The Kier molecular flexibility index (Phi) is 5.20. The first-order valence-corrected chi connectivity index (χ1v) is 17.0. The second kappa shape index (κ2) is 8.13. The summed E-state index contributed by atoms with van der Waals surface area (Å²) >= 11 is 0. The zero-order chi connectivity index (χ0) is 26.6. The molecule has 0 unspecified atom stereocenters. The van der Waals surface area contributed by atoms with E-state index in [9.17, 15) is 18.0 Å². The minimum absolute atomic E-state index is 0.469. The molecule has 0 aromatic heterocycles. The number of aryl methyl sites for hydroxylation is 1. The van der Waals surface area contributed by atoms with Crippen molar-refractivity contribution in [3.05, 3.63) is 56.8 Å². The monoisotopic (exact) mass is 537 g/mol. The van der Waals surface area contributed by atoms with Crippen molar-refractivity contribution in [2.75, 3.05) is 31.6 Å². The normalized spacial score (nSPS) is 23.2. The van der Waals surface area contributed by atoms with Crippen LogP contribution in [0.4, 0.5) is 18.9 Å². The summed E-state index contributed by atoms with van der Waals surface area (Å²) in [5, 5.41) is 2.52. The van der Waals surface area contributed by atoms with Crippen LogP contribution in [0.15, 0.2) is 34.1 Å². The minimum atomic E-state index is -4.93. The Morgan fingerprint density at radius 1 is 1.11 bits per heavy atom. The number of anilines is 1. The molecule has 1 aromatic rings. The molecule has 7 rings (SSSR count). The molecule has 8 heteroatoms. The number of hydrogen-bond acceptors (Lipinski definition) is 2. The smallest absolute Gasteiger partial charge is 0.371 e. The average Bonchev–Trinajstić information content (AvgIpc) is 2.87. The Labute approximate surface area is 223 Å². The van der Waals surface area contributed by atoms with Crippen molar-refractivity contribution in [1.29, 1.82) is 0 Å². The zero-order valence-electron chi connectivity index (χ0n) is 22.4. The van der Waals surface area contributed by atoms with Gasteiger partial charge in [-0.2, -0.15) is 13.2 Å². The highest BCUT2D eigenvalue weighted by Gasteiger charge is 2.49. The van der Waals surface area contributed by atoms with Crippen molar-refractivity contribution in [1.82, 2.24) is 4.90 Å². The molecule has 0 atom stereocenters. The standard InChI is InChI=1S/C30H34F3N3OSi/c1-34(29(37)30(31,32)33)26-22-16-18-8-4-12-35-14-6-10-20(24(18)35)27(22)38(2,3)28-21-11-7-15-36-13-5-9-19(25(21)36)17-23(26)28/h12,16-17H,4-11,13-15H2,1-3H3. The fourth-order valence-corrected chi connectivity index (χ4v) is 12.2. The number of alkyl halides is 3. The molecule has 5 aliphatic heterocycles. The number of hydrogen-bond donors (Lipinski definition) is 0. The van der Waals surface area contributed by atoms with Crippen LogP contribution in [0.5, 0.6) is 0 Å². The van der Waals surface area contributed by atoms with Gasteiger partial charge in [0.1, 0.15) is 12.6 Å². The highest BCUT2D eigenvalue weighted by molar-refractivity contribution is 6.98. The maximum atomic E-state index is 13.9. The number of allylic oxidation sites excluding steroid dienone is 3. The predicted octanol–water partition coefficient (Wildman–Crippen LogP) is 5.02. The summed E-state index contributed by atoms with van der Waals surface area (Å²) in [5.41, 5.74) is 8.70. The lowest BCUT2D eigenvalue weighted by Crippen LogP contribution is -2.56. The Balaban J connectivity index is 1.59. The number of halogens is 3. The van der Waals surface area contributed by atoms with Gasteiger partial charge in [0.25, 0.3) is 0 Å². The lowest BCUT2D eigenvalue weighted by atomic mass is 9.79. The van der Waals surface area contributed by atoms with Gasteiger partial charge < -0.3 is 9.80 Å². The van der Waals surface area contributed by atoms with Gasteiger partial charge in [-0.1, -0.05) is 35.0 Å². The topological polar surface area (TPSA) is 26.6 Å². The van der Waals surface area contributed by atoms with E-state index in [0.717, 1.165) is 87.0 Å². The van der Waals surface area contributed by atoms with E-state index in [1.807, 2.05) is 0 Å². The first-order valence-electron chi connectivity index (χ1n) is 14.0. The van der Waals surface area contributed by atoms with Gasteiger partial charge in [-0.05, 0) is 67.7 Å². The summed E-state index contributed by atoms with van der Waals surface area (Å²) < 4.78 is 44.1. The van der Waals surface area contributed by atoms with Crippen molar-refractivity contribution in [3.63, 3.8) is 0 Å². The molecular weight excluding hydrogens is 503 g/mol. The fourth-order valence-electron chi connectivity index (χ4n) is 8.26. The van der Waals surface area contributed by atoms with Crippen LogP contribution in [0.1, 0.15) is 55.2 Å². The third kappa shape index (κ3) is 3.25. The summed E-state index contributed by atoms with van der Waals surface area (Å²) in [6.45, 7) is 7.88. The fraction of sp³-hybridized carbons (Fsp3) is 0.500. The number of amides is 1. The van der Waals surface area contributed by atoms with E-state index >= 15 is 0 Å². The first kappa shape index (κ1) is 24.3. The van der Waals surface area contributed by atoms with E-state index in [1.54, 1.807) is 0 Å². The predicted molar refractivity (Wildman–Crippen MR) is 146 cm³/mol. The van der Waals surface area contributed by atoms with Crippen molar-refractivity contribution in [2.45, 2.75) is 70.6 Å². The molecule has 4 nitrogen and oxygen atoms in total. The van der Waals surface area contributed by atoms with E-state index in [4.69, 9.17) is 0 Å². The molecule has 1 aliphatic carbocycles. The quantitative estimate of drug-likeness (QED) is 0.286. The lowest BCUT2D eigenvalue weighted by Gasteiger charge is -2.51. The molecule has 0 spiro atoms. The summed E-state index contributed by atoms with van der Waals surface area (Å²) in [7, 11) is -1.01. The van der Waals surface area contributed by atoms with Crippen molar-refractivity contribution < 1.29 is 22.5 Å². The van der Waals surface area contributed by atoms with Crippen LogP contribution >= 0.6 is 0 Å². The average molecular weight is 538 g/mol.